The maximum atomic E-state index is 13.4. The normalized spacial score (nSPS) is 11.5. The van der Waals surface area contributed by atoms with E-state index in [-0.39, 0.29) is 12.3 Å². The largest absolute Gasteiger partial charge is 0.489 e. The second-order valence-electron chi connectivity index (χ2n) is 8.24. The topological polar surface area (TPSA) is 107 Å². The number of alkyl halides is 2. The molecule has 188 valence electrons. The van der Waals surface area contributed by atoms with Crippen molar-refractivity contribution in [2.75, 3.05) is 6.61 Å². The van der Waals surface area contributed by atoms with Crippen LogP contribution in [0.2, 0.25) is 0 Å². The highest BCUT2D eigenvalue weighted by molar-refractivity contribution is 5.72. The third-order valence-electron chi connectivity index (χ3n) is 5.66. The second-order valence-corrected chi connectivity index (χ2v) is 8.24. The van der Waals surface area contributed by atoms with Crippen LogP contribution in [0.3, 0.4) is 0 Å². The van der Waals surface area contributed by atoms with Crippen LogP contribution in [0.5, 0.6) is 11.5 Å². The van der Waals surface area contributed by atoms with Crippen molar-refractivity contribution in [3.63, 3.8) is 0 Å². The van der Waals surface area contributed by atoms with Gasteiger partial charge in [-0.2, -0.15) is 8.78 Å². The first-order valence-corrected chi connectivity index (χ1v) is 11.0. The van der Waals surface area contributed by atoms with Crippen LogP contribution < -0.4 is 20.9 Å². The molecule has 0 amide bonds. The van der Waals surface area contributed by atoms with Crippen molar-refractivity contribution in [3.8, 4) is 22.6 Å². The molecule has 0 spiro atoms. The molecule has 0 fully saturated rings. The highest BCUT2D eigenvalue weighted by Gasteiger charge is 2.30. The van der Waals surface area contributed by atoms with Crippen LogP contribution in [0.4, 0.5) is 8.78 Å². The molecule has 0 saturated carbocycles. The van der Waals surface area contributed by atoms with E-state index < -0.39 is 24.2 Å². The summed E-state index contributed by atoms with van der Waals surface area (Å²) in [6.07, 6.45) is -3.64. The first-order valence-electron chi connectivity index (χ1n) is 11.0. The minimum Gasteiger partial charge on any atom is -0.489 e. The molecule has 10 heteroatoms. The van der Waals surface area contributed by atoms with Crippen LogP contribution in [-0.4, -0.2) is 27.5 Å². The summed E-state index contributed by atoms with van der Waals surface area (Å²) in [6, 6.07) is 17.5. The van der Waals surface area contributed by atoms with Crippen molar-refractivity contribution in [3.05, 3.63) is 104 Å². The molecule has 0 bridgehead atoms. The summed E-state index contributed by atoms with van der Waals surface area (Å²) in [5.41, 5.74) is 4.61. The van der Waals surface area contributed by atoms with Gasteiger partial charge >= 0.3 is 17.6 Å². The van der Waals surface area contributed by atoms with E-state index in [1.165, 1.54) is 12.1 Å². The maximum Gasteiger partial charge on any atom is 0.440 e. The van der Waals surface area contributed by atoms with E-state index in [4.69, 9.17) is 14.4 Å². The summed E-state index contributed by atoms with van der Waals surface area (Å²) in [4.78, 5) is 24.7. The van der Waals surface area contributed by atoms with E-state index in [1.54, 1.807) is 37.3 Å². The molecule has 0 atom stereocenters. The summed E-state index contributed by atoms with van der Waals surface area (Å²) in [6.45, 7) is 2.77. The minimum atomic E-state index is -3.64. The third kappa shape index (κ3) is 5.72. The lowest BCUT2D eigenvalue weighted by Crippen LogP contribution is -2.29. The summed E-state index contributed by atoms with van der Waals surface area (Å²) in [5, 5.41) is 8.73. The lowest BCUT2D eigenvalue weighted by atomic mass is 9.93. The molecule has 0 radical (unpaired) electrons. The predicted molar refractivity (Wildman–Crippen MR) is 127 cm³/mol. The molecule has 8 nitrogen and oxygen atoms in total. The lowest BCUT2D eigenvalue weighted by Gasteiger charge is -2.18. The number of aliphatic hydroxyl groups is 1. The van der Waals surface area contributed by atoms with Gasteiger partial charge in [-0.25, -0.2) is 14.6 Å². The number of nitrogens with one attached hydrogen (secondary N) is 1. The number of benzene rings is 3. The Morgan fingerprint density at radius 1 is 1.00 bits per heavy atom. The molecule has 4 rings (SSSR count). The Morgan fingerprint density at radius 3 is 2.36 bits per heavy atom. The molecule has 0 aliphatic heterocycles. The first-order chi connectivity index (χ1) is 17.1. The van der Waals surface area contributed by atoms with E-state index in [2.05, 4.69) is 4.74 Å². The van der Waals surface area contributed by atoms with E-state index >= 15 is 0 Å². The smallest absolute Gasteiger partial charge is 0.440 e. The highest BCUT2D eigenvalue weighted by Crippen LogP contribution is 2.32. The fourth-order valence-corrected chi connectivity index (χ4v) is 3.77. The Morgan fingerprint density at radius 2 is 1.72 bits per heavy atom. The fraction of sp³-hybridized carbons (Fsp3) is 0.231. The van der Waals surface area contributed by atoms with Crippen molar-refractivity contribution in [2.24, 2.45) is 0 Å². The molecule has 0 unspecified atom stereocenters. The number of aromatic amines is 1. The van der Waals surface area contributed by atoms with Gasteiger partial charge in [-0.15, -0.1) is 4.74 Å². The molecular weight excluding hydrogens is 474 g/mol. The summed E-state index contributed by atoms with van der Waals surface area (Å²) < 4.78 is 42.9. The zero-order valence-electron chi connectivity index (χ0n) is 19.6. The molecule has 2 N–H and O–H groups in total. The van der Waals surface area contributed by atoms with Gasteiger partial charge < -0.3 is 19.1 Å². The van der Waals surface area contributed by atoms with Crippen molar-refractivity contribution in [1.82, 2.24) is 9.72 Å². The highest BCUT2D eigenvalue weighted by atomic mass is 19.3. The van der Waals surface area contributed by atoms with Crippen molar-refractivity contribution >= 4 is 0 Å². The first kappa shape index (κ1) is 24.9. The lowest BCUT2D eigenvalue weighted by molar-refractivity contribution is -0.200. The van der Waals surface area contributed by atoms with Gasteiger partial charge in [-0.05, 0) is 71.5 Å². The number of hydrogen-bond donors (Lipinski definition) is 2. The Bertz CT molecular complexity index is 1470. The van der Waals surface area contributed by atoms with E-state index in [0.717, 1.165) is 38.1 Å². The zero-order valence-corrected chi connectivity index (χ0v) is 19.6. The zero-order chi connectivity index (χ0) is 25.9. The Kier molecular flexibility index (Phi) is 7.07. The molecule has 0 saturated heterocycles. The van der Waals surface area contributed by atoms with Crippen LogP contribution in [0.1, 0.15) is 22.3 Å². The van der Waals surface area contributed by atoms with Crippen LogP contribution >= 0.6 is 0 Å². The van der Waals surface area contributed by atoms with E-state index in [9.17, 15) is 18.4 Å². The number of aliphatic hydroxyl groups excluding tert-OH is 1. The summed E-state index contributed by atoms with van der Waals surface area (Å²) in [7, 11) is 0. The maximum absolute atomic E-state index is 13.4. The molecule has 4 aromatic rings. The van der Waals surface area contributed by atoms with Gasteiger partial charge in [0.15, 0.2) is 0 Å². The standard InChI is InChI=1S/C26H24F2N2O6/c1-16-12-21(35-26(27,28)15-31)10-11-22(16)23-5-3-4-19(17(23)2)14-34-20-8-6-18(7-9-20)13-30-24(32)29-25(33)36-30/h3-12,31H,13-15H2,1-2H3,(H,29,32,33). The molecule has 0 aliphatic carbocycles. The summed E-state index contributed by atoms with van der Waals surface area (Å²) >= 11 is 0. The summed E-state index contributed by atoms with van der Waals surface area (Å²) in [5.74, 6) is -0.214. The Labute approximate surface area is 204 Å². The molecule has 3 aromatic carbocycles. The van der Waals surface area contributed by atoms with Crippen molar-refractivity contribution < 1.29 is 27.9 Å². The Hall–Kier alpha value is -4.18. The average Bonchev–Trinajstić information content (AvgIpc) is 3.16. The van der Waals surface area contributed by atoms with Gasteiger partial charge in [-0.1, -0.05) is 36.4 Å². The van der Waals surface area contributed by atoms with Crippen LogP contribution in [0.15, 0.2) is 74.8 Å². The monoisotopic (exact) mass is 498 g/mol. The number of rotatable bonds is 9. The van der Waals surface area contributed by atoms with Gasteiger partial charge in [-0.3, -0.25) is 0 Å². The van der Waals surface area contributed by atoms with E-state index in [1.807, 2.05) is 30.1 Å². The number of ether oxygens (including phenoxy) is 2. The van der Waals surface area contributed by atoms with Gasteiger partial charge in [0.1, 0.15) is 24.7 Å². The quantitative estimate of drug-likeness (QED) is 0.361. The third-order valence-corrected chi connectivity index (χ3v) is 5.66. The number of halogens is 2. The predicted octanol–water partition coefficient (Wildman–Crippen LogP) is 4.00. The molecule has 36 heavy (non-hydrogen) atoms. The number of aromatic nitrogens is 2. The number of hydrogen-bond acceptors (Lipinski definition) is 6. The molecule has 1 aromatic heterocycles. The van der Waals surface area contributed by atoms with Gasteiger partial charge in [0, 0.05) is 0 Å². The SMILES string of the molecule is Cc1cc(OC(F)(F)CO)ccc1-c1cccc(COc2ccc(Cn3oc(=O)[nH]c3=O)cc2)c1C. The van der Waals surface area contributed by atoms with Gasteiger partial charge in [0.2, 0.25) is 0 Å². The van der Waals surface area contributed by atoms with Crippen LogP contribution in [-0.2, 0) is 13.2 Å². The molecule has 0 aliphatic rings. The van der Waals surface area contributed by atoms with Gasteiger partial charge in [0.05, 0.1) is 6.54 Å². The van der Waals surface area contributed by atoms with Crippen molar-refractivity contribution in [1.29, 1.82) is 0 Å². The average molecular weight is 498 g/mol. The second kappa shape index (κ2) is 10.2. The van der Waals surface area contributed by atoms with Gasteiger partial charge in [0.25, 0.3) is 0 Å². The molecular formula is C26H24F2N2O6. The number of nitrogens with zero attached hydrogens (tertiary/aromatic N) is 1. The van der Waals surface area contributed by atoms with Crippen LogP contribution in [0.25, 0.3) is 11.1 Å². The fourth-order valence-electron chi connectivity index (χ4n) is 3.77. The van der Waals surface area contributed by atoms with Crippen LogP contribution in [0, 0.1) is 13.8 Å². The Balaban J connectivity index is 1.46. The van der Waals surface area contributed by atoms with Crippen molar-refractivity contribution in [2.45, 2.75) is 33.1 Å². The number of aryl methyl sites for hydroxylation is 1. The minimum absolute atomic E-state index is 0.0283. The van der Waals surface area contributed by atoms with E-state index in [0.29, 0.717) is 12.4 Å². The number of H-pyrrole nitrogens is 1. The molecule has 1 heterocycles.